The van der Waals surface area contributed by atoms with Crippen LogP contribution in [0.3, 0.4) is 0 Å². The highest BCUT2D eigenvalue weighted by Gasteiger charge is 2.25. The molecular weight excluding hydrogens is 284 g/mol. The molecule has 3 rings (SSSR count). The number of guanidine groups is 1. The van der Waals surface area contributed by atoms with E-state index in [4.69, 9.17) is 0 Å². The molecule has 1 aliphatic heterocycles. The molecule has 1 aliphatic carbocycles. The first-order valence-electron chi connectivity index (χ1n) is 9.07. The Kier molecular flexibility index (Phi) is 5.55. The first kappa shape index (κ1) is 16.3. The number of rotatable bonds is 5. The lowest BCUT2D eigenvalue weighted by atomic mass is 9.78. The van der Waals surface area contributed by atoms with Crippen LogP contribution < -0.4 is 10.6 Å². The standard InChI is InChI=1S/C19H30N4/c1-3-10-23-11-8-17(9-12-23)22-19(20-2)21-14-16-13-15-6-4-5-7-18(15)16/h4-7,16-17H,3,8-14H2,1-2H3,(H2,20,21,22). The van der Waals surface area contributed by atoms with Crippen molar-refractivity contribution >= 4 is 5.96 Å². The van der Waals surface area contributed by atoms with Crippen LogP contribution in [0.1, 0.15) is 43.2 Å². The number of piperidine rings is 1. The molecule has 0 aromatic heterocycles. The summed E-state index contributed by atoms with van der Waals surface area (Å²) in [7, 11) is 1.87. The number of likely N-dealkylation sites (tertiary alicyclic amines) is 1. The van der Waals surface area contributed by atoms with Crippen LogP contribution >= 0.6 is 0 Å². The molecule has 1 heterocycles. The van der Waals surface area contributed by atoms with Crippen LogP contribution in [0.15, 0.2) is 29.3 Å². The van der Waals surface area contributed by atoms with Crippen molar-refractivity contribution < 1.29 is 0 Å². The highest BCUT2D eigenvalue weighted by Crippen LogP contribution is 2.33. The van der Waals surface area contributed by atoms with Gasteiger partial charge in [-0.25, -0.2) is 0 Å². The lowest BCUT2D eigenvalue weighted by Crippen LogP contribution is -2.49. The Morgan fingerprint density at radius 1 is 1.26 bits per heavy atom. The maximum atomic E-state index is 4.40. The molecular formula is C19H30N4. The van der Waals surface area contributed by atoms with E-state index in [1.54, 1.807) is 0 Å². The van der Waals surface area contributed by atoms with Gasteiger partial charge in [0.1, 0.15) is 0 Å². The van der Waals surface area contributed by atoms with Crippen LogP contribution in [-0.2, 0) is 6.42 Å². The third-order valence-corrected chi connectivity index (χ3v) is 5.17. The summed E-state index contributed by atoms with van der Waals surface area (Å²) < 4.78 is 0. The van der Waals surface area contributed by atoms with Gasteiger partial charge in [0.25, 0.3) is 0 Å². The Morgan fingerprint density at radius 3 is 2.74 bits per heavy atom. The number of nitrogens with zero attached hydrogens (tertiary/aromatic N) is 2. The maximum Gasteiger partial charge on any atom is 0.191 e. The minimum Gasteiger partial charge on any atom is -0.356 e. The van der Waals surface area contributed by atoms with E-state index in [0.717, 1.165) is 12.5 Å². The van der Waals surface area contributed by atoms with Gasteiger partial charge in [0.2, 0.25) is 0 Å². The van der Waals surface area contributed by atoms with Crippen LogP contribution in [0.5, 0.6) is 0 Å². The highest BCUT2D eigenvalue weighted by atomic mass is 15.2. The average Bonchev–Trinajstić information content (AvgIpc) is 2.56. The van der Waals surface area contributed by atoms with Crippen molar-refractivity contribution in [3.63, 3.8) is 0 Å². The monoisotopic (exact) mass is 314 g/mol. The van der Waals surface area contributed by atoms with E-state index in [9.17, 15) is 0 Å². The Bertz CT molecular complexity index is 532. The molecule has 2 N–H and O–H groups in total. The van der Waals surface area contributed by atoms with Gasteiger partial charge < -0.3 is 15.5 Å². The molecule has 1 saturated heterocycles. The predicted octanol–water partition coefficient (Wildman–Crippen LogP) is 2.37. The summed E-state index contributed by atoms with van der Waals surface area (Å²) in [5.74, 6) is 1.60. The zero-order valence-corrected chi connectivity index (χ0v) is 14.5. The Hall–Kier alpha value is -1.55. The SMILES string of the molecule is CCCN1CCC(NC(=NC)NCC2Cc3ccccc32)CC1. The summed E-state index contributed by atoms with van der Waals surface area (Å²) in [6, 6.07) is 9.33. The van der Waals surface area contributed by atoms with Crippen molar-refractivity contribution in [3.8, 4) is 0 Å². The smallest absolute Gasteiger partial charge is 0.191 e. The van der Waals surface area contributed by atoms with Gasteiger partial charge in [0, 0.05) is 38.6 Å². The molecule has 0 spiro atoms. The number of benzene rings is 1. The Balaban J connectivity index is 1.41. The number of nitrogens with one attached hydrogen (secondary N) is 2. The van der Waals surface area contributed by atoms with Crippen LogP contribution in [0.4, 0.5) is 0 Å². The lowest BCUT2D eigenvalue weighted by Gasteiger charge is -2.34. The lowest BCUT2D eigenvalue weighted by molar-refractivity contribution is 0.206. The topological polar surface area (TPSA) is 39.7 Å². The second kappa shape index (κ2) is 7.82. The highest BCUT2D eigenvalue weighted by molar-refractivity contribution is 5.80. The molecule has 1 aromatic carbocycles. The van der Waals surface area contributed by atoms with Crippen LogP contribution in [0, 0.1) is 0 Å². The summed E-state index contributed by atoms with van der Waals surface area (Å²) in [4.78, 5) is 6.97. The summed E-state index contributed by atoms with van der Waals surface area (Å²) in [5, 5.41) is 7.13. The van der Waals surface area contributed by atoms with Gasteiger partial charge in [-0.05, 0) is 43.4 Å². The summed E-state index contributed by atoms with van der Waals surface area (Å²) in [5.41, 5.74) is 3.01. The number of hydrogen-bond donors (Lipinski definition) is 2. The first-order valence-corrected chi connectivity index (χ1v) is 9.07. The molecule has 4 nitrogen and oxygen atoms in total. The third kappa shape index (κ3) is 4.05. The van der Waals surface area contributed by atoms with E-state index in [-0.39, 0.29) is 0 Å². The average molecular weight is 314 g/mol. The molecule has 0 bridgehead atoms. The van der Waals surface area contributed by atoms with E-state index < -0.39 is 0 Å². The minimum atomic E-state index is 0.558. The Labute approximate surface area is 140 Å². The summed E-state index contributed by atoms with van der Waals surface area (Å²) in [6.07, 6.45) is 4.87. The molecule has 1 aromatic rings. The van der Waals surface area contributed by atoms with Gasteiger partial charge in [0.05, 0.1) is 0 Å². The molecule has 1 fully saturated rings. The zero-order chi connectivity index (χ0) is 16.1. The molecule has 4 heteroatoms. The van der Waals surface area contributed by atoms with Crippen molar-refractivity contribution in [1.29, 1.82) is 0 Å². The fourth-order valence-corrected chi connectivity index (χ4v) is 3.77. The van der Waals surface area contributed by atoms with Crippen LogP contribution in [0.2, 0.25) is 0 Å². The van der Waals surface area contributed by atoms with Crippen molar-refractivity contribution in [3.05, 3.63) is 35.4 Å². The normalized spacial score (nSPS) is 22.3. The van der Waals surface area contributed by atoms with Crippen molar-refractivity contribution in [2.75, 3.05) is 33.2 Å². The quantitative estimate of drug-likeness (QED) is 0.647. The summed E-state index contributed by atoms with van der Waals surface area (Å²) >= 11 is 0. The number of hydrogen-bond acceptors (Lipinski definition) is 2. The largest absolute Gasteiger partial charge is 0.356 e. The maximum absolute atomic E-state index is 4.40. The Morgan fingerprint density at radius 2 is 2.04 bits per heavy atom. The molecule has 0 saturated carbocycles. The third-order valence-electron chi connectivity index (χ3n) is 5.17. The van der Waals surface area contributed by atoms with E-state index in [2.05, 4.69) is 51.7 Å². The fourth-order valence-electron chi connectivity index (χ4n) is 3.77. The zero-order valence-electron chi connectivity index (χ0n) is 14.5. The van der Waals surface area contributed by atoms with Gasteiger partial charge in [-0.2, -0.15) is 0 Å². The van der Waals surface area contributed by atoms with Crippen molar-refractivity contribution in [2.45, 2.75) is 44.6 Å². The molecule has 1 unspecified atom stereocenters. The molecule has 0 amide bonds. The number of aliphatic imine (C=N–C) groups is 1. The van der Waals surface area contributed by atoms with E-state index in [1.807, 2.05) is 7.05 Å². The number of fused-ring (bicyclic) bond motifs is 1. The van der Waals surface area contributed by atoms with Gasteiger partial charge in [-0.3, -0.25) is 4.99 Å². The first-order chi connectivity index (χ1) is 11.3. The van der Waals surface area contributed by atoms with E-state index in [1.165, 1.54) is 56.4 Å². The van der Waals surface area contributed by atoms with Gasteiger partial charge >= 0.3 is 0 Å². The summed E-state index contributed by atoms with van der Waals surface area (Å²) in [6.45, 7) is 6.89. The van der Waals surface area contributed by atoms with E-state index in [0.29, 0.717) is 12.0 Å². The van der Waals surface area contributed by atoms with Crippen molar-refractivity contribution in [2.24, 2.45) is 4.99 Å². The molecule has 2 aliphatic rings. The predicted molar refractivity (Wildman–Crippen MR) is 97.1 cm³/mol. The molecule has 0 radical (unpaired) electrons. The van der Waals surface area contributed by atoms with Gasteiger partial charge in [0.15, 0.2) is 5.96 Å². The minimum absolute atomic E-state index is 0.558. The second-order valence-electron chi connectivity index (χ2n) is 6.81. The molecule has 126 valence electrons. The van der Waals surface area contributed by atoms with E-state index >= 15 is 0 Å². The van der Waals surface area contributed by atoms with Crippen LogP contribution in [0.25, 0.3) is 0 Å². The van der Waals surface area contributed by atoms with Crippen molar-refractivity contribution in [1.82, 2.24) is 15.5 Å². The molecule has 1 atom stereocenters. The molecule has 23 heavy (non-hydrogen) atoms. The second-order valence-corrected chi connectivity index (χ2v) is 6.81. The van der Waals surface area contributed by atoms with Gasteiger partial charge in [-0.1, -0.05) is 31.2 Å². The fraction of sp³-hybridized carbons (Fsp3) is 0.632. The van der Waals surface area contributed by atoms with Gasteiger partial charge in [-0.15, -0.1) is 0 Å². The van der Waals surface area contributed by atoms with Crippen LogP contribution in [-0.4, -0.2) is 50.1 Å².